The molecule has 1 fully saturated rings. The van der Waals surface area contributed by atoms with Gasteiger partial charge in [0.25, 0.3) is 0 Å². The second kappa shape index (κ2) is 4.92. The maximum atomic E-state index is 5.91. The molecule has 1 aromatic heterocycles. The fourth-order valence-electron chi connectivity index (χ4n) is 2.67. The number of para-hydroxylation sites is 2. The molecule has 0 radical (unpaired) electrons. The summed E-state index contributed by atoms with van der Waals surface area (Å²) >= 11 is 0. The molecule has 3 N–H and O–H groups in total. The zero-order valence-corrected chi connectivity index (χ0v) is 11.5. The van der Waals surface area contributed by atoms with Crippen LogP contribution in [-0.4, -0.2) is 40.9 Å². The van der Waals surface area contributed by atoms with Gasteiger partial charge < -0.3 is 20.1 Å². The number of H-pyrrole nitrogens is 1. The topological polar surface area (TPSA) is 89.3 Å². The van der Waals surface area contributed by atoms with Crippen LogP contribution in [-0.2, 0) is 0 Å². The third-order valence-electron chi connectivity index (χ3n) is 3.81. The molecule has 2 aromatic rings. The van der Waals surface area contributed by atoms with Gasteiger partial charge >= 0.3 is 0 Å². The van der Waals surface area contributed by atoms with Crippen molar-refractivity contribution >= 4 is 5.95 Å². The molecule has 2 aliphatic rings. The number of nitrogens with zero attached hydrogens (tertiary/aromatic N) is 3. The van der Waals surface area contributed by atoms with E-state index in [-0.39, 0.29) is 12.1 Å². The Balaban J connectivity index is 1.52. The standard InChI is InChI=1S/C14H17N5O2/c15-9-5-6-19(7-9)14-16-13(17-18-14)12-8-20-10-3-1-2-4-11(10)21-12/h1-4,9,12H,5-8,15H2,(H,16,17,18). The molecule has 0 saturated carbocycles. The Kier molecular flexibility index (Phi) is 2.92. The minimum Gasteiger partial charge on any atom is -0.485 e. The summed E-state index contributed by atoms with van der Waals surface area (Å²) in [5, 5.41) is 7.21. The number of nitrogens with one attached hydrogen (secondary N) is 1. The first kappa shape index (κ1) is 12.5. The van der Waals surface area contributed by atoms with Crippen molar-refractivity contribution in [2.75, 3.05) is 24.6 Å². The molecule has 4 rings (SSSR count). The van der Waals surface area contributed by atoms with Gasteiger partial charge in [-0.05, 0) is 18.6 Å². The monoisotopic (exact) mass is 287 g/mol. The van der Waals surface area contributed by atoms with E-state index in [2.05, 4.69) is 20.1 Å². The van der Waals surface area contributed by atoms with Crippen LogP contribution in [0.4, 0.5) is 5.95 Å². The Morgan fingerprint density at radius 2 is 2.14 bits per heavy atom. The van der Waals surface area contributed by atoms with Crippen LogP contribution < -0.4 is 20.1 Å². The summed E-state index contributed by atoms with van der Waals surface area (Å²) in [7, 11) is 0. The fourth-order valence-corrected chi connectivity index (χ4v) is 2.67. The highest BCUT2D eigenvalue weighted by Crippen LogP contribution is 2.35. The van der Waals surface area contributed by atoms with Crippen molar-refractivity contribution in [2.24, 2.45) is 5.73 Å². The predicted octanol–water partition coefficient (Wildman–Crippen LogP) is 0.855. The minimum atomic E-state index is -0.266. The number of fused-ring (bicyclic) bond motifs is 1. The fraction of sp³-hybridized carbons (Fsp3) is 0.429. The molecule has 7 heteroatoms. The van der Waals surface area contributed by atoms with Crippen LogP contribution in [0.25, 0.3) is 0 Å². The van der Waals surface area contributed by atoms with E-state index in [4.69, 9.17) is 15.2 Å². The molecular weight excluding hydrogens is 270 g/mol. The molecule has 7 nitrogen and oxygen atoms in total. The number of ether oxygens (including phenoxy) is 2. The predicted molar refractivity (Wildman–Crippen MR) is 76.5 cm³/mol. The van der Waals surface area contributed by atoms with E-state index in [1.54, 1.807) is 0 Å². The highest BCUT2D eigenvalue weighted by molar-refractivity contribution is 5.41. The number of aromatic nitrogens is 3. The number of aromatic amines is 1. The molecule has 110 valence electrons. The normalized spacial score (nSPS) is 24.3. The van der Waals surface area contributed by atoms with Crippen LogP contribution in [0.3, 0.4) is 0 Å². The van der Waals surface area contributed by atoms with Gasteiger partial charge in [-0.3, -0.25) is 5.10 Å². The van der Waals surface area contributed by atoms with Gasteiger partial charge in [0.05, 0.1) is 0 Å². The molecule has 0 spiro atoms. The number of hydrogen-bond acceptors (Lipinski definition) is 6. The van der Waals surface area contributed by atoms with E-state index in [0.717, 1.165) is 31.0 Å². The van der Waals surface area contributed by atoms with Crippen molar-refractivity contribution in [2.45, 2.75) is 18.6 Å². The third kappa shape index (κ3) is 2.29. The van der Waals surface area contributed by atoms with Crippen molar-refractivity contribution in [3.8, 4) is 11.5 Å². The summed E-state index contributed by atoms with van der Waals surface area (Å²) in [5.41, 5.74) is 5.91. The average Bonchev–Trinajstić information content (AvgIpc) is 3.15. The van der Waals surface area contributed by atoms with Crippen LogP contribution in [0.2, 0.25) is 0 Å². The summed E-state index contributed by atoms with van der Waals surface area (Å²) < 4.78 is 11.6. The minimum absolute atomic E-state index is 0.202. The van der Waals surface area contributed by atoms with Gasteiger partial charge in [-0.15, -0.1) is 5.10 Å². The summed E-state index contributed by atoms with van der Waals surface area (Å²) in [4.78, 5) is 6.61. The first-order valence-corrected chi connectivity index (χ1v) is 7.11. The molecule has 0 bridgehead atoms. The molecule has 21 heavy (non-hydrogen) atoms. The largest absolute Gasteiger partial charge is 0.485 e. The SMILES string of the molecule is NC1CCN(c2n[nH]c(C3COc4ccccc4O3)n2)C1. The van der Waals surface area contributed by atoms with E-state index < -0.39 is 0 Å². The number of anilines is 1. The number of nitrogens with two attached hydrogens (primary N) is 1. The molecule has 3 heterocycles. The van der Waals surface area contributed by atoms with Gasteiger partial charge in [-0.1, -0.05) is 12.1 Å². The first-order chi connectivity index (χ1) is 10.3. The van der Waals surface area contributed by atoms with Crippen LogP contribution in [0.5, 0.6) is 11.5 Å². The Morgan fingerprint density at radius 3 is 2.95 bits per heavy atom. The average molecular weight is 287 g/mol. The van der Waals surface area contributed by atoms with Crippen molar-refractivity contribution < 1.29 is 9.47 Å². The third-order valence-corrected chi connectivity index (χ3v) is 3.81. The number of hydrogen-bond donors (Lipinski definition) is 2. The van der Waals surface area contributed by atoms with E-state index in [0.29, 0.717) is 18.4 Å². The van der Waals surface area contributed by atoms with Crippen molar-refractivity contribution in [1.29, 1.82) is 0 Å². The maximum absolute atomic E-state index is 5.91. The van der Waals surface area contributed by atoms with E-state index in [1.807, 2.05) is 24.3 Å². The maximum Gasteiger partial charge on any atom is 0.244 e. The van der Waals surface area contributed by atoms with Crippen LogP contribution in [0, 0.1) is 0 Å². The van der Waals surface area contributed by atoms with Gasteiger partial charge in [-0.25, -0.2) is 0 Å². The highest BCUT2D eigenvalue weighted by Gasteiger charge is 2.28. The van der Waals surface area contributed by atoms with Gasteiger partial charge in [0.1, 0.15) is 6.61 Å². The molecular formula is C14H17N5O2. The van der Waals surface area contributed by atoms with Crippen molar-refractivity contribution in [1.82, 2.24) is 15.2 Å². The number of rotatable bonds is 2. The summed E-state index contributed by atoms with van der Waals surface area (Å²) in [6.07, 6.45) is 0.706. The molecule has 2 aliphatic heterocycles. The lowest BCUT2D eigenvalue weighted by molar-refractivity contribution is 0.0853. The van der Waals surface area contributed by atoms with Gasteiger partial charge in [0.2, 0.25) is 5.95 Å². The second-order valence-electron chi connectivity index (χ2n) is 5.38. The Bertz CT molecular complexity index is 644. The molecule has 0 aliphatic carbocycles. The first-order valence-electron chi connectivity index (χ1n) is 7.11. The van der Waals surface area contributed by atoms with Crippen molar-refractivity contribution in [3.63, 3.8) is 0 Å². The van der Waals surface area contributed by atoms with Crippen LogP contribution in [0.1, 0.15) is 18.3 Å². The Labute approximate surface area is 122 Å². The molecule has 1 saturated heterocycles. The van der Waals surface area contributed by atoms with E-state index >= 15 is 0 Å². The second-order valence-corrected chi connectivity index (χ2v) is 5.38. The van der Waals surface area contributed by atoms with Crippen molar-refractivity contribution in [3.05, 3.63) is 30.1 Å². The van der Waals surface area contributed by atoms with Gasteiger partial charge in [0.15, 0.2) is 23.4 Å². The van der Waals surface area contributed by atoms with Crippen LogP contribution in [0.15, 0.2) is 24.3 Å². The number of benzene rings is 1. The lowest BCUT2D eigenvalue weighted by atomic mass is 10.2. The molecule has 0 amide bonds. The molecule has 2 atom stereocenters. The quantitative estimate of drug-likeness (QED) is 0.851. The zero-order chi connectivity index (χ0) is 14.2. The summed E-state index contributed by atoms with van der Waals surface area (Å²) in [6.45, 7) is 2.11. The van der Waals surface area contributed by atoms with Crippen LogP contribution >= 0.6 is 0 Å². The lowest BCUT2D eigenvalue weighted by Crippen LogP contribution is -2.27. The zero-order valence-electron chi connectivity index (χ0n) is 11.5. The van der Waals surface area contributed by atoms with E-state index in [1.165, 1.54) is 0 Å². The van der Waals surface area contributed by atoms with E-state index in [9.17, 15) is 0 Å². The van der Waals surface area contributed by atoms with Gasteiger partial charge in [-0.2, -0.15) is 4.98 Å². The smallest absolute Gasteiger partial charge is 0.244 e. The lowest BCUT2D eigenvalue weighted by Gasteiger charge is -2.24. The highest BCUT2D eigenvalue weighted by atomic mass is 16.6. The molecule has 2 unspecified atom stereocenters. The summed E-state index contributed by atoms with van der Waals surface area (Å²) in [5.74, 6) is 2.86. The molecule has 1 aromatic carbocycles. The summed E-state index contributed by atoms with van der Waals surface area (Å²) in [6, 6.07) is 7.82. The Hall–Kier alpha value is -2.28. The van der Waals surface area contributed by atoms with Gasteiger partial charge in [0, 0.05) is 19.1 Å². The Morgan fingerprint density at radius 1 is 1.29 bits per heavy atom.